The summed E-state index contributed by atoms with van der Waals surface area (Å²) in [5, 5.41) is 13.0. The third-order valence-corrected chi connectivity index (χ3v) is 22.7. The molecule has 0 amide bonds. The fourth-order valence-corrected chi connectivity index (χ4v) is 21.9. The molecule has 12 rings (SSSR count). The van der Waals surface area contributed by atoms with Crippen molar-refractivity contribution in [2.75, 3.05) is 4.90 Å². The summed E-state index contributed by atoms with van der Waals surface area (Å²) < 4.78 is 0. The molecule has 4 heteroatoms. The van der Waals surface area contributed by atoms with Crippen LogP contribution in [0, 0.1) is 0 Å². The van der Waals surface area contributed by atoms with Crippen LogP contribution < -0.4 is 41.2 Å². The van der Waals surface area contributed by atoms with Gasteiger partial charge < -0.3 is 4.90 Å². The van der Waals surface area contributed by atoms with Crippen LogP contribution in [0.2, 0.25) is 0 Å². The summed E-state index contributed by atoms with van der Waals surface area (Å²) in [5.41, 5.74) is 8.28. The second-order valence-corrected chi connectivity index (χ2v) is 23.3. The van der Waals surface area contributed by atoms with Gasteiger partial charge in [-0.15, -0.1) is 0 Å². The number of rotatable bonds is 6. The highest BCUT2D eigenvalue weighted by Gasteiger charge is 2.53. The SMILES string of the molecule is c1ccc(-c2ccccc2N(c2ccc(-c3cccc4ccccc34)cc2)c2ccc3c(c2)[Si](c2ccccc2)c2ccccc2[Si]32c3ccccc3Sc3ccccc32)cc1. The minimum Gasteiger partial charge on any atom is -0.310 e. The van der Waals surface area contributed by atoms with E-state index in [9.17, 15) is 0 Å². The molecule has 0 atom stereocenters. The van der Waals surface area contributed by atoms with E-state index < -0.39 is 16.9 Å². The van der Waals surface area contributed by atoms with Crippen LogP contribution in [0.4, 0.5) is 17.1 Å². The van der Waals surface area contributed by atoms with E-state index in [1.54, 1.807) is 0 Å². The molecule has 0 unspecified atom stereocenters. The molecule has 0 saturated carbocycles. The molecule has 0 aliphatic carbocycles. The molecule has 0 N–H and O–H groups in total. The molecule has 2 heterocycles. The standard InChI is InChI=1S/C58H40NSSi2/c1-3-18-42(19-4-1)49-25-9-10-27-50(49)59(44-36-34-43(35-37-44)48-26-17-21-41-20-7-8-24-47(41)48)45-38-39-58-54(40-45)61(46-22-5-2-6-23-46)53-30-13-16-33-57(53)62(58)55-31-14-11-28-51(55)60-52-29-12-15-32-56(52)62/h1-40H. The van der Waals surface area contributed by atoms with Crippen LogP contribution >= 0.6 is 11.8 Å². The summed E-state index contributed by atoms with van der Waals surface area (Å²) in [6.07, 6.45) is 0. The molecule has 0 bridgehead atoms. The number of benzene rings is 10. The average Bonchev–Trinajstić information content (AvgIpc) is 3.35. The molecular weight excluding hydrogens is 799 g/mol. The second kappa shape index (κ2) is 15.2. The molecule has 291 valence electrons. The van der Waals surface area contributed by atoms with Crippen LogP contribution in [0.25, 0.3) is 33.0 Å². The van der Waals surface area contributed by atoms with Crippen LogP contribution in [0.3, 0.4) is 0 Å². The monoisotopic (exact) mass is 838 g/mol. The third-order valence-electron chi connectivity index (χ3n) is 12.9. The Hall–Kier alpha value is -6.96. The Morgan fingerprint density at radius 3 is 1.69 bits per heavy atom. The van der Waals surface area contributed by atoms with E-state index in [0.717, 1.165) is 11.4 Å². The van der Waals surface area contributed by atoms with Crippen LogP contribution in [0.1, 0.15) is 0 Å². The topological polar surface area (TPSA) is 3.24 Å². The Labute approximate surface area is 370 Å². The number of para-hydroxylation sites is 1. The number of hydrogen-bond donors (Lipinski definition) is 0. The van der Waals surface area contributed by atoms with Crippen molar-refractivity contribution in [2.45, 2.75) is 9.79 Å². The van der Waals surface area contributed by atoms with Gasteiger partial charge in [0, 0.05) is 26.7 Å². The van der Waals surface area contributed by atoms with Gasteiger partial charge in [0.2, 0.25) is 0 Å². The van der Waals surface area contributed by atoms with Gasteiger partial charge in [-0.3, -0.25) is 0 Å². The van der Waals surface area contributed by atoms with Gasteiger partial charge in [0.1, 0.15) is 0 Å². The van der Waals surface area contributed by atoms with Crippen molar-refractivity contribution in [1.29, 1.82) is 0 Å². The van der Waals surface area contributed by atoms with Gasteiger partial charge in [0.15, 0.2) is 16.9 Å². The largest absolute Gasteiger partial charge is 0.310 e. The van der Waals surface area contributed by atoms with E-state index in [2.05, 4.69) is 248 Å². The highest BCUT2D eigenvalue weighted by atomic mass is 32.2. The van der Waals surface area contributed by atoms with Gasteiger partial charge in [0.25, 0.3) is 0 Å². The smallest absolute Gasteiger partial charge is 0.181 e. The first-order valence-corrected chi connectivity index (χ1v) is 25.7. The van der Waals surface area contributed by atoms with E-state index in [0.29, 0.717) is 0 Å². The predicted octanol–water partition coefficient (Wildman–Crippen LogP) is 10.3. The van der Waals surface area contributed by atoms with E-state index in [1.165, 1.54) is 84.8 Å². The Morgan fingerprint density at radius 2 is 0.919 bits per heavy atom. The van der Waals surface area contributed by atoms with Crippen molar-refractivity contribution in [3.63, 3.8) is 0 Å². The molecule has 0 saturated heterocycles. The molecule has 0 aromatic heterocycles. The second-order valence-electron chi connectivity index (χ2n) is 16.2. The summed E-state index contributed by atoms with van der Waals surface area (Å²) in [6, 6.07) is 91.3. The van der Waals surface area contributed by atoms with Crippen molar-refractivity contribution >= 4 is 92.8 Å². The number of hydrogen-bond acceptors (Lipinski definition) is 2. The summed E-state index contributed by atoms with van der Waals surface area (Å²) in [6.45, 7) is 0. The Kier molecular flexibility index (Phi) is 9.03. The zero-order valence-electron chi connectivity index (χ0n) is 33.9. The van der Waals surface area contributed by atoms with Gasteiger partial charge in [-0.25, -0.2) is 0 Å². The quantitative estimate of drug-likeness (QED) is 0.154. The highest BCUT2D eigenvalue weighted by Crippen LogP contribution is 2.42. The number of fused-ring (bicyclic) bond motifs is 9. The lowest BCUT2D eigenvalue weighted by Crippen LogP contribution is -2.87. The van der Waals surface area contributed by atoms with Gasteiger partial charge in [-0.05, 0) is 95.9 Å². The molecule has 62 heavy (non-hydrogen) atoms. The molecular formula is C58H40NSSi2. The van der Waals surface area contributed by atoms with Gasteiger partial charge in [-0.2, -0.15) is 0 Å². The predicted molar refractivity (Wildman–Crippen MR) is 268 cm³/mol. The maximum absolute atomic E-state index is 2.79. The average molecular weight is 839 g/mol. The number of nitrogens with zero attached hydrogens (tertiary/aromatic N) is 1. The Morgan fingerprint density at radius 1 is 0.371 bits per heavy atom. The van der Waals surface area contributed by atoms with Crippen LogP contribution in [0.5, 0.6) is 0 Å². The minimum atomic E-state index is -2.79. The fraction of sp³-hybridized carbons (Fsp3) is 0. The normalized spacial score (nSPS) is 13.5. The van der Waals surface area contributed by atoms with Gasteiger partial charge in [-0.1, -0.05) is 222 Å². The van der Waals surface area contributed by atoms with Crippen LogP contribution in [-0.2, 0) is 0 Å². The van der Waals surface area contributed by atoms with Crippen molar-refractivity contribution in [3.05, 3.63) is 243 Å². The third kappa shape index (κ3) is 5.83. The maximum atomic E-state index is 2.59. The molecule has 10 aromatic rings. The van der Waals surface area contributed by atoms with Crippen molar-refractivity contribution in [1.82, 2.24) is 0 Å². The Balaban J connectivity index is 1.13. The lowest BCUT2D eigenvalue weighted by Gasteiger charge is -2.46. The summed E-state index contributed by atoms with van der Waals surface area (Å²) in [7, 11) is -4.25. The van der Waals surface area contributed by atoms with Crippen molar-refractivity contribution in [3.8, 4) is 22.3 Å². The van der Waals surface area contributed by atoms with E-state index in [1.807, 2.05) is 11.8 Å². The first-order valence-electron chi connectivity index (χ1n) is 21.3. The molecule has 1 spiro atoms. The highest BCUT2D eigenvalue weighted by molar-refractivity contribution is 8.00. The zero-order valence-corrected chi connectivity index (χ0v) is 36.8. The lowest BCUT2D eigenvalue weighted by atomic mass is 9.97. The van der Waals surface area contributed by atoms with Crippen molar-refractivity contribution < 1.29 is 0 Å². The molecule has 0 fully saturated rings. The first kappa shape index (κ1) is 36.9. The van der Waals surface area contributed by atoms with Crippen LogP contribution in [0.15, 0.2) is 252 Å². The molecule has 2 aliphatic rings. The van der Waals surface area contributed by atoms with E-state index >= 15 is 0 Å². The van der Waals surface area contributed by atoms with Crippen molar-refractivity contribution in [2.24, 2.45) is 0 Å². The molecule has 1 radical (unpaired) electrons. The lowest BCUT2D eigenvalue weighted by molar-refractivity contribution is 1.29. The summed E-state index contributed by atoms with van der Waals surface area (Å²) >= 11 is 1.93. The number of anilines is 3. The minimum absolute atomic E-state index is 1.12. The van der Waals surface area contributed by atoms with Gasteiger partial charge in [0.05, 0.1) is 5.69 Å². The summed E-state index contributed by atoms with van der Waals surface area (Å²) in [5.74, 6) is 0. The maximum Gasteiger partial charge on any atom is 0.181 e. The first-order chi connectivity index (χ1) is 30.8. The zero-order chi connectivity index (χ0) is 41.0. The molecule has 1 nitrogen and oxygen atoms in total. The van der Waals surface area contributed by atoms with Gasteiger partial charge >= 0.3 is 0 Å². The van der Waals surface area contributed by atoms with Crippen LogP contribution in [-0.4, -0.2) is 16.9 Å². The van der Waals surface area contributed by atoms with E-state index in [-0.39, 0.29) is 0 Å². The Bertz CT molecular complexity index is 3240. The fourth-order valence-electron chi connectivity index (χ4n) is 10.2. The molecule has 2 aliphatic heterocycles. The molecule has 10 aromatic carbocycles. The summed E-state index contributed by atoms with van der Waals surface area (Å²) in [4.78, 5) is 5.26. The van der Waals surface area contributed by atoms with E-state index in [4.69, 9.17) is 0 Å².